The summed E-state index contributed by atoms with van der Waals surface area (Å²) in [7, 11) is 0. The average Bonchev–Trinajstić information content (AvgIpc) is 2.41. The Morgan fingerprint density at radius 1 is 1.20 bits per heavy atom. The van der Waals surface area contributed by atoms with E-state index in [1.54, 1.807) is 6.92 Å². The van der Waals surface area contributed by atoms with E-state index in [1.165, 1.54) is 24.3 Å². The molecule has 1 aromatic carbocycles. The molecule has 1 heterocycles. The molecule has 0 saturated heterocycles. The molecule has 106 valence electrons. The van der Waals surface area contributed by atoms with Gasteiger partial charge >= 0.3 is 0 Å². The Bertz CT molecular complexity index is 602. The summed E-state index contributed by atoms with van der Waals surface area (Å²) in [5.74, 6) is 0.0844. The topological polar surface area (TPSA) is 34.2 Å². The maximum absolute atomic E-state index is 13.3. The number of hydrogen-bond acceptors (Lipinski definition) is 3. The van der Waals surface area contributed by atoms with Gasteiger partial charge in [-0.3, -0.25) is 0 Å². The minimum Gasteiger partial charge on any atom is -0.438 e. The van der Waals surface area contributed by atoms with Crippen LogP contribution < -0.4 is 10.1 Å². The molecule has 0 amide bonds. The van der Waals surface area contributed by atoms with Crippen LogP contribution in [0.5, 0.6) is 11.6 Å². The fourth-order valence-corrected chi connectivity index (χ4v) is 1.78. The van der Waals surface area contributed by atoms with Gasteiger partial charge in [0.25, 0.3) is 0 Å². The molecule has 0 unspecified atom stereocenters. The number of benzene rings is 1. The number of ether oxygens (including phenoxy) is 1. The van der Waals surface area contributed by atoms with Crippen molar-refractivity contribution in [1.29, 1.82) is 0 Å². The van der Waals surface area contributed by atoms with Crippen molar-refractivity contribution >= 4 is 0 Å². The van der Waals surface area contributed by atoms with Crippen LogP contribution in [-0.2, 0) is 6.54 Å². The lowest BCUT2D eigenvalue weighted by molar-refractivity contribution is 0.444. The van der Waals surface area contributed by atoms with E-state index in [1.807, 2.05) is 6.92 Å². The highest BCUT2D eigenvalue weighted by molar-refractivity contribution is 5.37. The highest BCUT2D eigenvalue weighted by Gasteiger charge is 2.10. The molecular weight excluding hydrogens is 262 g/mol. The number of halogens is 2. The number of aryl methyl sites for hydroxylation is 1. The van der Waals surface area contributed by atoms with Gasteiger partial charge in [-0.15, -0.1) is 0 Å². The number of nitrogens with one attached hydrogen (secondary N) is 1. The van der Waals surface area contributed by atoms with Crippen molar-refractivity contribution in [3.05, 3.63) is 53.2 Å². The van der Waals surface area contributed by atoms with Gasteiger partial charge in [0.15, 0.2) is 0 Å². The minimum absolute atomic E-state index is 0.321. The van der Waals surface area contributed by atoms with Gasteiger partial charge in [-0.05, 0) is 43.3 Å². The molecule has 2 rings (SSSR count). The zero-order valence-corrected chi connectivity index (χ0v) is 11.4. The van der Waals surface area contributed by atoms with Crippen LogP contribution in [0, 0.1) is 18.6 Å². The Hall–Kier alpha value is -2.01. The average molecular weight is 278 g/mol. The van der Waals surface area contributed by atoms with E-state index in [0.717, 1.165) is 12.7 Å². The standard InChI is InChI=1S/C15H16F2N2O/c1-3-18-8-11-7-13(17)9-19-15(11)20-14-5-4-12(16)6-10(14)2/h4-7,9,18H,3,8H2,1-2H3. The summed E-state index contributed by atoms with van der Waals surface area (Å²) in [5.41, 5.74) is 1.28. The number of pyridine rings is 1. The first-order valence-electron chi connectivity index (χ1n) is 6.39. The Morgan fingerprint density at radius 3 is 2.70 bits per heavy atom. The van der Waals surface area contributed by atoms with E-state index in [-0.39, 0.29) is 5.82 Å². The van der Waals surface area contributed by atoms with Crippen molar-refractivity contribution in [2.75, 3.05) is 6.54 Å². The molecule has 1 N–H and O–H groups in total. The molecule has 3 nitrogen and oxygen atoms in total. The predicted octanol–water partition coefficient (Wildman–Crippen LogP) is 3.57. The van der Waals surface area contributed by atoms with E-state index in [0.29, 0.717) is 29.3 Å². The third kappa shape index (κ3) is 3.51. The molecule has 0 aliphatic heterocycles. The van der Waals surface area contributed by atoms with E-state index in [4.69, 9.17) is 4.74 Å². The van der Waals surface area contributed by atoms with Crippen molar-refractivity contribution in [3.63, 3.8) is 0 Å². The summed E-state index contributed by atoms with van der Waals surface area (Å²) < 4.78 is 32.0. The van der Waals surface area contributed by atoms with Crippen molar-refractivity contribution < 1.29 is 13.5 Å². The largest absolute Gasteiger partial charge is 0.438 e. The normalized spacial score (nSPS) is 10.6. The third-order valence-electron chi connectivity index (χ3n) is 2.80. The van der Waals surface area contributed by atoms with Crippen LogP contribution >= 0.6 is 0 Å². The van der Waals surface area contributed by atoms with Gasteiger partial charge in [-0.2, -0.15) is 0 Å². The lowest BCUT2D eigenvalue weighted by Crippen LogP contribution is -2.13. The molecule has 0 fully saturated rings. The molecule has 1 aromatic heterocycles. The van der Waals surface area contributed by atoms with Gasteiger partial charge in [-0.25, -0.2) is 13.8 Å². The Balaban J connectivity index is 2.27. The number of aromatic nitrogens is 1. The Morgan fingerprint density at radius 2 is 2.00 bits per heavy atom. The highest BCUT2D eigenvalue weighted by Crippen LogP contribution is 2.27. The SMILES string of the molecule is CCNCc1cc(F)cnc1Oc1ccc(F)cc1C. The lowest BCUT2D eigenvalue weighted by atomic mass is 10.2. The molecule has 0 radical (unpaired) electrons. The molecule has 20 heavy (non-hydrogen) atoms. The molecule has 0 spiro atoms. The second-order valence-electron chi connectivity index (χ2n) is 4.41. The summed E-state index contributed by atoms with van der Waals surface area (Å²) in [6.07, 6.45) is 1.10. The van der Waals surface area contributed by atoms with E-state index >= 15 is 0 Å². The number of rotatable bonds is 5. The first kappa shape index (κ1) is 14.4. The summed E-state index contributed by atoms with van der Waals surface area (Å²) in [6.45, 7) is 4.91. The van der Waals surface area contributed by atoms with Gasteiger partial charge in [0.05, 0.1) is 6.20 Å². The fourth-order valence-electron chi connectivity index (χ4n) is 1.78. The van der Waals surface area contributed by atoms with Crippen LogP contribution in [0.2, 0.25) is 0 Å². The van der Waals surface area contributed by atoms with Crippen molar-refractivity contribution in [3.8, 4) is 11.6 Å². The van der Waals surface area contributed by atoms with Gasteiger partial charge in [0.2, 0.25) is 5.88 Å². The van der Waals surface area contributed by atoms with Crippen LogP contribution in [0.25, 0.3) is 0 Å². The molecule has 0 aliphatic carbocycles. The smallest absolute Gasteiger partial charge is 0.223 e. The molecular formula is C15H16F2N2O. The molecule has 0 aliphatic rings. The van der Waals surface area contributed by atoms with E-state index in [9.17, 15) is 8.78 Å². The summed E-state index contributed by atoms with van der Waals surface area (Å²) >= 11 is 0. The van der Waals surface area contributed by atoms with E-state index < -0.39 is 5.82 Å². The number of nitrogens with zero attached hydrogens (tertiary/aromatic N) is 1. The fraction of sp³-hybridized carbons (Fsp3) is 0.267. The Kier molecular flexibility index (Phi) is 4.63. The number of hydrogen-bond donors (Lipinski definition) is 1. The van der Waals surface area contributed by atoms with Crippen LogP contribution in [0.1, 0.15) is 18.1 Å². The molecule has 0 saturated carbocycles. The van der Waals surface area contributed by atoms with Crippen molar-refractivity contribution in [2.24, 2.45) is 0 Å². The first-order chi connectivity index (χ1) is 9.60. The highest BCUT2D eigenvalue weighted by atomic mass is 19.1. The van der Waals surface area contributed by atoms with Crippen molar-refractivity contribution in [1.82, 2.24) is 10.3 Å². The summed E-state index contributed by atoms with van der Waals surface area (Å²) in [5, 5.41) is 3.10. The Labute approximate surface area is 116 Å². The van der Waals surface area contributed by atoms with Gasteiger partial charge in [0.1, 0.15) is 17.4 Å². The van der Waals surface area contributed by atoms with Crippen LogP contribution in [0.15, 0.2) is 30.5 Å². The molecule has 0 bridgehead atoms. The zero-order chi connectivity index (χ0) is 14.5. The van der Waals surface area contributed by atoms with Crippen molar-refractivity contribution in [2.45, 2.75) is 20.4 Å². The predicted molar refractivity (Wildman–Crippen MR) is 72.8 cm³/mol. The minimum atomic E-state index is -0.416. The molecule has 5 heteroatoms. The van der Waals surface area contributed by atoms with Crippen LogP contribution in [0.4, 0.5) is 8.78 Å². The molecule has 0 atom stereocenters. The maximum atomic E-state index is 13.3. The molecule has 2 aromatic rings. The van der Waals surface area contributed by atoms with Gasteiger partial charge < -0.3 is 10.1 Å². The second kappa shape index (κ2) is 6.43. The maximum Gasteiger partial charge on any atom is 0.223 e. The first-order valence-corrected chi connectivity index (χ1v) is 6.39. The zero-order valence-electron chi connectivity index (χ0n) is 11.4. The lowest BCUT2D eigenvalue weighted by Gasteiger charge is -2.12. The van der Waals surface area contributed by atoms with Crippen LogP contribution in [0.3, 0.4) is 0 Å². The van der Waals surface area contributed by atoms with Gasteiger partial charge in [0, 0.05) is 12.1 Å². The second-order valence-corrected chi connectivity index (χ2v) is 4.41. The summed E-state index contributed by atoms with van der Waals surface area (Å²) in [6, 6.07) is 5.61. The van der Waals surface area contributed by atoms with Crippen LogP contribution in [-0.4, -0.2) is 11.5 Å². The quantitative estimate of drug-likeness (QED) is 0.908. The van der Waals surface area contributed by atoms with E-state index in [2.05, 4.69) is 10.3 Å². The summed E-state index contributed by atoms with van der Waals surface area (Å²) in [4.78, 5) is 3.96. The monoisotopic (exact) mass is 278 g/mol. The van der Waals surface area contributed by atoms with Gasteiger partial charge in [-0.1, -0.05) is 6.92 Å². The third-order valence-corrected chi connectivity index (χ3v) is 2.80.